The second kappa shape index (κ2) is 13.8. The van der Waals surface area contributed by atoms with Crippen molar-refractivity contribution in [3.63, 3.8) is 0 Å². The molecule has 214 valence electrons. The van der Waals surface area contributed by atoms with Crippen LogP contribution in [0.4, 0.5) is 5.69 Å². The molecule has 0 aliphatic heterocycles. The number of hydrogen-bond donors (Lipinski definition) is 1. The molecule has 0 heterocycles. The third-order valence-electron chi connectivity index (χ3n) is 6.68. The summed E-state index contributed by atoms with van der Waals surface area (Å²) in [6, 6.07) is 19.5. The molecule has 0 bridgehead atoms. The number of carbonyl (C=O) groups excluding carboxylic acids is 2. The van der Waals surface area contributed by atoms with Gasteiger partial charge in [0, 0.05) is 17.1 Å². The third kappa shape index (κ3) is 7.63. The molecule has 3 aromatic carbocycles. The van der Waals surface area contributed by atoms with Crippen LogP contribution >= 0.6 is 15.9 Å². The Bertz CT molecular complexity index is 1410. The fourth-order valence-electron chi connectivity index (χ4n) is 4.02. The first-order chi connectivity index (χ1) is 19.0. The Kier molecular flexibility index (Phi) is 10.8. The number of halogens is 1. The fraction of sp³-hybridized carbons (Fsp3) is 0.333. The number of para-hydroxylation sites is 2. The molecular formula is C30H36BrN3O5S. The summed E-state index contributed by atoms with van der Waals surface area (Å²) in [6.07, 6.45) is 0.732. The molecule has 0 unspecified atom stereocenters. The largest absolute Gasteiger partial charge is 0.495 e. The Morgan fingerprint density at radius 1 is 0.975 bits per heavy atom. The number of amides is 2. The van der Waals surface area contributed by atoms with Crippen LogP contribution in [0.5, 0.6) is 5.75 Å². The molecule has 0 saturated heterocycles. The van der Waals surface area contributed by atoms with Crippen LogP contribution in [-0.4, -0.2) is 50.9 Å². The first-order valence-corrected chi connectivity index (χ1v) is 15.3. The number of methoxy groups -OCH3 is 1. The number of anilines is 1. The minimum atomic E-state index is -4.18. The van der Waals surface area contributed by atoms with E-state index < -0.39 is 28.5 Å². The number of nitrogens with zero attached hydrogens (tertiary/aromatic N) is 2. The van der Waals surface area contributed by atoms with E-state index in [1.165, 1.54) is 24.1 Å². The SMILES string of the molecule is CC[C@@H](C)NC(=O)[C@H](C)N(Cc1ccc(Br)cc1)C(=O)CN(c1ccccc1OC)S(=O)(=O)c1ccc(C)cc1. The molecule has 40 heavy (non-hydrogen) atoms. The topological polar surface area (TPSA) is 96.0 Å². The minimum Gasteiger partial charge on any atom is -0.495 e. The molecule has 0 spiro atoms. The first kappa shape index (κ1) is 31.2. The zero-order valence-electron chi connectivity index (χ0n) is 23.4. The Morgan fingerprint density at radius 3 is 2.20 bits per heavy atom. The molecular weight excluding hydrogens is 594 g/mol. The van der Waals surface area contributed by atoms with Crippen LogP contribution in [-0.2, 0) is 26.2 Å². The third-order valence-corrected chi connectivity index (χ3v) is 8.98. The van der Waals surface area contributed by atoms with E-state index >= 15 is 0 Å². The number of nitrogens with one attached hydrogen (secondary N) is 1. The Hall–Kier alpha value is -3.37. The smallest absolute Gasteiger partial charge is 0.264 e. The summed E-state index contributed by atoms with van der Waals surface area (Å²) >= 11 is 3.42. The van der Waals surface area contributed by atoms with Crippen molar-refractivity contribution in [2.45, 2.75) is 57.6 Å². The summed E-state index contributed by atoms with van der Waals surface area (Å²) in [5.74, 6) is -0.547. The summed E-state index contributed by atoms with van der Waals surface area (Å²) in [5.41, 5.74) is 1.92. The van der Waals surface area contributed by atoms with Crippen LogP contribution in [0.1, 0.15) is 38.3 Å². The highest BCUT2D eigenvalue weighted by Crippen LogP contribution is 2.32. The van der Waals surface area contributed by atoms with Crippen LogP contribution < -0.4 is 14.4 Å². The van der Waals surface area contributed by atoms with E-state index in [0.29, 0.717) is 5.75 Å². The second-order valence-corrected chi connectivity index (χ2v) is 12.4. The molecule has 0 fully saturated rings. The predicted octanol–water partition coefficient (Wildman–Crippen LogP) is 5.29. The van der Waals surface area contributed by atoms with Crippen molar-refractivity contribution < 1.29 is 22.7 Å². The molecule has 8 nitrogen and oxygen atoms in total. The molecule has 10 heteroatoms. The number of carbonyl (C=O) groups is 2. The van der Waals surface area contributed by atoms with Crippen molar-refractivity contribution >= 4 is 43.5 Å². The lowest BCUT2D eigenvalue weighted by Crippen LogP contribution is -2.52. The maximum absolute atomic E-state index is 14.0. The van der Waals surface area contributed by atoms with Crippen LogP contribution in [0.2, 0.25) is 0 Å². The highest BCUT2D eigenvalue weighted by molar-refractivity contribution is 9.10. The van der Waals surface area contributed by atoms with Crippen LogP contribution in [0.15, 0.2) is 82.2 Å². The summed E-state index contributed by atoms with van der Waals surface area (Å²) in [5, 5.41) is 2.93. The quantitative estimate of drug-likeness (QED) is 0.294. The normalized spacial score (nSPS) is 12.8. The fourth-order valence-corrected chi connectivity index (χ4v) is 5.71. The predicted molar refractivity (Wildman–Crippen MR) is 161 cm³/mol. The van der Waals surface area contributed by atoms with Crippen molar-refractivity contribution in [3.8, 4) is 5.75 Å². The highest BCUT2D eigenvalue weighted by atomic mass is 79.9. The number of benzene rings is 3. The van der Waals surface area contributed by atoms with Gasteiger partial charge in [0.25, 0.3) is 10.0 Å². The van der Waals surface area contributed by atoms with Crippen LogP contribution in [0.25, 0.3) is 0 Å². The molecule has 0 saturated carbocycles. The molecule has 0 aliphatic rings. The monoisotopic (exact) mass is 629 g/mol. The van der Waals surface area contributed by atoms with Gasteiger partial charge in [-0.2, -0.15) is 0 Å². The average Bonchev–Trinajstić information content (AvgIpc) is 2.95. The van der Waals surface area contributed by atoms with Crippen molar-refractivity contribution in [1.82, 2.24) is 10.2 Å². The van der Waals surface area contributed by atoms with Gasteiger partial charge in [0.15, 0.2) is 0 Å². The lowest BCUT2D eigenvalue weighted by molar-refractivity contribution is -0.139. The Balaban J connectivity index is 2.06. The molecule has 0 aliphatic carbocycles. The van der Waals surface area contributed by atoms with E-state index in [0.717, 1.165) is 26.3 Å². The van der Waals surface area contributed by atoms with Gasteiger partial charge in [0.1, 0.15) is 18.3 Å². The molecule has 2 atom stereocenters. The van der Waals surface area contributed by atoms with E-state index in [-0.39, 0.29) is 29.1 Å². The van der Waals surface area contributed by atoms with Crippen molar-refractivity contribution in [2.75, 3.05) is 18.0 Å². The highest BCUT2D eigenvalue weighted by Gasteiger charge is 2.34. The Labute approximate surface area is 245 Å². The van der Waals surface area contributed by atoms with Gasteiger partial charge in [-0.05, 0) is 69.2 Å². The van der Waals surface area contributed by atoms with Crippen molar-refractivity contribution in [1.29, 1.82) is 0 Å². The maximum atomic E-state index is 14.0. The number of sulfonamides is 1. The lowest BCUT2D eigenvalue weighted by Gasteiger charge is -2.32. The van der Waals surface area contributed by atoms with Gasteiger partial charge >= 0.3 is 0 Å². The van der Waals surface area contributed by atoms with Crippen molar-refractivity contribution in [3.05, 3.63) is 88.4 Å². The summed E-state index contributed by atoms with van der Waals surface area (Å²) in [7, 11) is -2.74. The van der Waals surface area contributed by atoms with Gasteiger partial charge < -0.3 is 15.0 Å². The van der Waals surface area contributed by atoms with E-state index in [1.807, 2.05) is 45.0 Å². The molecule has 0 aromatic heterocycles. The number of aryl methyl sites for hydroxylation is 1. The van der Waals surface area contributed by atoms with E-state index in [1.54, 1.807) is 43.3 Å². The summed E-state index contributed by atoms with van der Waals surface area (Å²) < 4.78 is 35.3. The number of ether oxygens (including phenoxy) is 1. The summed E-state index contributed by atoms with van der Waals surface area (Å²) in [6.45, 7) is 6.95. The molecule has 1 N–H and O–H groups in total. The minimum absolute atomic E-state index is 0.0406. The lowest BCUT2D eigenvalue weighted by atomic mass is 10.1. The van der Waals surface area contributed by atoms with Gasteiger partial charge in [-0.3, -0.25) is 13.9 Å². The molecule has 3 aromatic rings. The molecule has 3 rings (SSSR count). The van der Waals surface area contributed by atoms with Crippen LogP contribution in [0, 0.1) is 6.92 Å². The zero-order chi connectivity index (χ0) is 29.4. The maximum Gasteiger partial charge on any atom is 0.264 e. The Morgan fingerprint density at radius 2 is 1.60 bits per heavy atom. The molecule has 2 amide bonds. The van der Waals surface area contributed by atoms with Gasteiger partial charge in [-0.25, -0.2) is 8.42 Å². The van der Waals surface area contributed by atoms with Gasteiger partial charge in [-0.1, -0.05) is 64.8 Å². The number of hydrogen-bond acceptors (Lipinski definition) is 5. The van der Waals surface area contributed by atoms with Gasteiger partial charge in [-0.15, -0.1) is 0 Å². The van der Waals surface area contributed by atoms with E-state index in [9.17, 15) is 18.0 Å². The first-order valence-electron chi connectivity index (χ1n) is 13.0. The molecule has 0 radical (unpaired) electrons. The van der Waals surface area contributed by atoms with Crippen molar-refractivity contribution in [2.24, 2.45) is 0 Å². The van der Waals surface area contributed by atoms with E-state index in [2.05, 4.69) is 21.2 Å². The average molecular weight is 631 g/mol. The summed E-state index contributed by atoms with van der Waals surface area (Å²) in [4.78, 5) is 28.6. The zero-order valence-corrected chi connectivity index (χ0v) is 25.8. The number of rotatable bonds is 12. The van der Waals surface area contributed by atoms with Gasteiger partial charge in [0.2, 0.25) is 11.8 Å². The standard InChI is InChI=1S/C30H36BrN3O5S/c1-6-22(3)32-30(36)23(4)33(19-24-13-15-25(31)16-14-24)29(35)20-34(27-9-7-8-10-28(27)39-5)40(37,38)26-17-11-21(2)12-18-26/h7-18,22-23H,6,19-20H2,1-5H3,(H,32,36)/t22-,23+/m1/s1. The van der Waals surface area contributed by atoms with Crippen LogP contribution in [0.3, 0.4) is 0 Å². The van der Waals surface area contributed by atoms with E-state index in [4.69, 9.17) is 4.74 Å². The second-order valence-electron chi connectivity index (χ2n) is 9.64. The van der Waals surface area contributed by atoms with Gasteiger partial charge in [0.05, 0.1) is 17.7 Å².